The van der Waals surface area contributed by atoms with Crippen molar-refractivity contribution >= 4 is 11.9 Å². The van der Waals surface area contributed by atoms with Crippen molar-refractivity contribution in [2.24, 2.45) is 10.9 Å². The lowest BCUT2D eigenvalue weighted by molar-refractivity contribution is -0.150. The first-order valence-electron chi connectivity index (χ1n) is 7.02. The van der Waals surface area contributed by atoms with Gasteiger partial charge in [0.2, 0.25) is 12.0 Å². The number of rotatable bonds is 3. The molecule has 1 aromatic rings. The van der Waals surface area contributed by atoms with Gasteiger partial charge >= 0.3 is 5.97 Å². The summed E-state index contributed by atoms with van der Waals surface area (Å²) in [4.78, 5) is 16.7. The molecule has 0 aromatic heterocycles. The number of aryl methyl sites for hydroxylation is 1. The van der Waals surface area contributed by atoms with Crippen molar-refractivity contribution in [2.45, 2.75) is 38.3 Å². The number of hydrogen-bond acceptors (Lipinski definition) is 4. The van der Waals surface area contributed by atoms with Crippen LogP contribution in [0, 0.1) is 12.8 Å². The Hall–Kier alpha value is -1.84. The van der Waals surface area contributed by atoms with Gasteiger partial charge in [0.25, 0.3) is 0 Å². The summed E-state index contributed by atoms with van der Waals surface area (Å²) in [5.41, 5.74) is 1.67. The van der Waals surface area contributed by atoms with E-state index in [2.05, 4.69) is 6.92 Å². The predicted octanol–water partition coefficient (Wildman–Crippen LogP) is 2.48. The third-order valence-electron chi connectivity index (χ3n) is 4.40. The molecule has 106 valence electrons. The molecule has 1 aromatic carbocycles. The first kappa shape index (κ1) is 13.2. The summed E-state index contributed by atoms with van der Waals surface area (Å²) in [6.45, 7) is 4.14. The zero-order valence-electron chi connectivity index (χ0n) is 12.1. The number of carbonyl (C=O) groups is 1. The van der Waals surface area contributed by atoms with Crippen LogP contribution in [0.3, 0.4) is 0 Å². The number of hydrogen-bond donors (Lipinski definition) is 0. The molecular formula is C16H19NO3. The number of methoxy groups -OCH3 is 1. The van der Waals surface area contributed by atoms with Crippen LogP contribution < -0.4 is 0 Å². The van der Waals surface area contributed by atoms with E-state index in [0.29, 0.717) is 11.8 Å². The van der Waals surface area contributed by atoms with Crippen LogP contribution in [0.5, 0.6) is 0 Å². The van der Waals surface area contributed by atoms with Crippen molar-refractivity contribution in [3.8, 4) is 0 Å². The van der Waals surface area contributed by atoms with Gasteiger partial charge in [-0.1, -0.05) is 31.5 Å². The van der Waals surface area contributed by atoms with Gasteiger partial charge in [-0.05, 0) is 30.9 Å². The number of esters is 1. The van der Waals surface area contributed by atoms with Gasteiger partial charge in [0.1, 0.15) is 5.54 Å². The van der Waals surface area contributed by atoms with Gasteiger partial charge < -0.3 is 9.47 Å². The Bertz CT molecular complexity index is 581. The Labute approximate surface area is 118 Å². The number of nitrogens with zero attached hydrogens (tertiary/aromatic N) is 1. The van der Waals surface area contributed by atoms with Gasteiger partial charge in [0.15, 0.2) is 0 Å². The van der Waals surface area contributed by atoms with E-state index in [9.17, 15) is 4.79 Å². The highest BCUT2D eigenvalue weighted by atomic mass is 16.6. The molecule has 0 N–H and O–H groups in total. The smallest absolute Gasteiger partial charge is 0.349 e. The molecule has 1 spiro atoms. The minimum absolute atomic E-state index is 0.326. The van der Waals surface area contributed by atoms with Gasteiger partial charge in [0.05, 0.1) is 7.11 Å². The SMILES string of the molecule is CCC1CC12N=C(c1ccccc1C)OC2C(=O)OC. The van der Waals surface area contributed by atoms with Crippen LogP contribution in [0.1, 0.15) is 30.9 Å². The van der Waals surface area contributed by atoms with Gasteiger partial charge in [-0.2, -0.15) is 0 Å². The molecule has 20 heavy (non-hydrogen) atoms. The first-order valence-corrected chi connectivity index (χ1v) is 7.02. The number of carbonyl (C=O) groups excluding carboxylic acids is 1. The van der Waals surface area contributed by atoms with Crippen molar-refractivity contribution < 1.29 is 14.3 Å². The van der Waals surface area contributed by atoms with E-state index in [1.54, 1.807) is 0 Å². The minimum atomic E-state index is -0.591. The van der Waals surface area contributed by atoms with Crippen molar-refractivity contribution in [3.05, 3.63) is 35.4 Å². The summed E-state index contributed by atoms with van der Waals surface area (Å²) in [7, 11) is 1.40. The zero-order chi connectivity index (χ0) is 14.3. The molecule has 3 atom stereocenters. The number of aliphatic imine (C=N–C) groups is 1. The lowest BCUT2D eigenvalue weighted by Gasteiger charge is -2.15. The minimum Gasteiger partial charge on any atom is -0.466 e. The average molecular weight is 273 g/mol. The molecule has 0 bridgehead atoms. The number of ether oxygens (including phenoxy) is 2. The fraction of sp³-hybridized carbons (Fsp3) is 0.500. The van der Waals surface area contributed by atoms with E-state index in [1.807, 2.05) is 31.2 Å². The maximum Gasteiger partial charge on any atom is 0.349 e. The van der Waals surface area contributed by atoms with Crippen LogP contribution in [0.4, 0.5) is 0 Å². The molecule has 4 heteroatoms. The van der Waals surface area contributed by atoms with Crippen molar-refractivity contribution in [1.29, 1.82) is 0 Å². The van der Waals surface area contributed by atoms with Gasteiger partial charge in [-0.15, -0.1) is 0 Å². The lowest BCUT2D eigenvalue weighted by atomic mass is 10.1. The summed E-state index contributed by atoms with van der Waals surface area (Å²) >= 11 is 0. The molecule has 1 heterocycles. The maximum absolute atomic E-state index is 12.0. The molecule has 1 aliphatic heterocycles. The number of benzene rings is 1. The van der Waals surface area contributed by atoms with E-state index in [-0.39, 0.29) is 11.5 Å². The first-order chi connectivity index (χ1) is 9.62. The molecule has 0 amide bonds. The second-order valence-corrected chi connectivity index (χ2v) is 5.55. The molecule has 4 nitrogen and oxygen atoms in total. The third kappa shape index (κ3) is 1.82. The van der Waals surface area contributed by atoms with Gasteiger partial charge in [-0.3, -0.25) is 0 Å². The Morgan fingerprint density at radius 3 is 2.85 bits per heavy atom. The molecule has 3 rings (SSSR count). The van der Waals surface area contributed by atoms with Crippen molar-refractivity contribution in [3.63, 3.8) is 0 Å². The molecule has 1 fully saturated rings. The van der Waals surface area contributed by atoms with Crippen molar-refractivity contribution in [2.75, 3.05) is 7.11 Å². The standard InChI is InChI=1S/C16H19NO3/c1-4-11-9-16(11)13(15(18)19-3)20-14(17-16)12-8-6-5-7-10(12)2/h5-8,11,13H,4,9H2,1-3H3. The van der Waals surface area contributed by atoms with Crippen LogP contribution in [0.15, 0.2) is 29.3 Å². The predicted molar refractivity (Wildman–Crippen MR) is 75.7 cm³/mol. The van der Waals surface area contributed by atoms with Crippen LogP contribution in [0.25, 0.3) is 0 Å². The zero-order valence-corrected chi connectivity index (χ0v) is 12.1. The van der Waals surface area contributed by atoms with Crippen molar-refractivity contribution in [1.82, 2.24) is 0 Å². The molecule has 0 radical (unpaired) electrons. The monoisotopic (exact) mass is 273 g/mol. The van der Waals surface area contributed by atoms with E-state index >= 15 is 0 Å². The Morgan fingerprint density at radius 1 is 1.50 bits per heavy atom. The van der Waals surface area contributed by atoms with Crippen LogP contribution in [-0.2, 0) is 14.3 Å². The van der Waals surface area contributed by atoms with Crippen LogP contribution in [0.2, 0.25) is 0 Å². The molecule has 1 saturated carbocycles. The Morgan fingerprint density at radius 2 is 2.25 bits per heavy atom. The highest BCUT2D eigenvalue weighted by Crippen LogP contribution is 2.55. The highest BCUT2D eigenvalue weighted by molar-refractivity contribution is 6.00. The summed E-state index contributed by atoms with van der Waals surface area (Å²) in [6.07, 6.45) is 1.31. The van der Waals surface area contributed by atoms with E-state index in [4.69, 9.17) is 14.5 Å². The molecule has 3 unspecified atom stereocenters. The third-order valence-corrected chi connectivity index (χ3v) is 4.40. The van der Waals surface area contributed by atoms with Gasteiger partial charge in [0, 0.05) is 5.56 Å². The topological polar surface area (TPSA) is 47.9 Å². The largest absolute Gasteiger partial charge is 0.466 e. The van der Waals surface area contributed by atoms with Gasteiger partial charge in [-0.25, -0.2) is 9.79 Å². The fourth-order valence-corrected chi connectivity index (χ4v) is 3.08. The average Bonchev–Trinajstić information content (AvgIpc) is 3.03. The molecular weight excluding hydrogens is 254 g/mol. The second kappa shape index (κ2) is 4.62. The van der Waals surface area contributed by atoms with E-state index in [0.717, 1.165) is 24.0 Å². The quantitative estimate of drug-likeness (QED) is 0.795. The summed E-state index contributed by atoms with van der Waals surface area (Å²) in [6, 6.07) is 7.93. The Kier molecular flexibility index (Phi) is 3.04. The second-order valence-electron chi connectivity index (χ2n) is 5.55. The lowest BCUT2D eigenvalue weighted by Crippen LogP contribution is -2.35. The fourth-order valence-electron chi connectivity index (χ4n) is 3.08. The molecule has 1 aliphatic carbocycles. The highest BCUT2D eigenvalue weighted by Gasteiger charge is 2.66. The summed E-state index contributed by atoms with van der Waals surface area (Å²) < 4.78 is 10.7. The van der Waals surface area contributed by atoms with E-state index < -0.39 is 6.10 Å². The summed E-state index contributed by atoms with van der Waals surface area (Å²) in [5, 5.41) is 0. The maximum atomic E-state index is 12.0. The van der Waals surface area contributed by atoms with Crippen LogP contribution >= 0.6 is 0 Å². The Balaban J connectivity index is 1.96. The summed E-state index contributed by atoms with van der Waals surface area (Å²) in [5.74, 6) is 0.663. The van der Waals surface area contributed by atoms with E-state index in [1.165, 1.54) is 7.11 Å². The van der Waals surface area contributed by atoms with Crippen LogP contribution in [-0.4, -0.2) is 30.6 Å². The normalized spacial score (nSPS) is 30.9. The molecule has 2 aliphatic rings. The molecule has 0 saturated heterocycles.